The third kappa shape index (κ3) is 3.46. The lowest BCUT2D eigenvalue weighted by atomic mass is 10.2. The molecule has 0 aliphatic rings. The number of hydrogen-bond acceptors (Lipinski definition) is 0. The van der Waals surface area contributed by atoms with Gasteiger partial charge in [-0.1, -0.05) is 53.4 Å². The second-order valence-corrected chi connectivity index (χ2v) is 2.72. The first-order chi connectivity index (χ1) is 4.72. The highest BCUT2D eigenvalue weighted by molar-refractivity contribution is 9.11. The monoisotopic (exact) mass is 198 g/mol. The largest absolute Gasteiger partial charge is 0.0990 e. The molecule has 0 fully saturated rings. The molecule has 0 aromatic carbocycles. The Morgan fingerprint density at radius 1 is 1.50 bits per heavy atom. The standard InChI is InChI=1S/C9H11Br/c1-4-6-9(7-5-2)8(3)10/h4-7H,1,3H2,2H3/b7-5+,9-6-. The first-order valence-electron chi connectivity index (χ1n) is 3.02. The third-order valence-electron chi connectivity index (χ3n) is 0.957. The van der Waals surface area contributed by atoms with Crippen LogP contribution in [0.4, 0.5) is 0 Å². The van der Waals surface area contributed by atoms with Crippen molar-refractivity contribution < 1.29 is 0 Å². The van der Waals surface area contributed by atoms with Crippen LogP contribution in [-0.2, 0) is 0 Å². The lowest BCUT2D eigenvalue weighted by Crippen LogP contribution is -1.72. The maximum Gasteiger partial charge on any atom is 0.0175 e. The summed E-state index contributed by atoms with van der Waals surface area (Å²) in [5.74, 6) is 0. The van der Waals surface area contributed by atoms with Crippen LogP contribution in [-0.4, -0.2) is 0 Å². The van der Waals surface area contributed by atoms with E-state index >= 15 is 0 Å². The van der Waals surface area contributed by atoms with Gasteiger partial charge in [0.25, 0.3) is 0 Å². The van der Waals surface area contributed by atoms with Gasteiger partial charge in [-0.15, -0.1) is 0 Å². The van der Waals surface area contributed by atoms with Gasteiger partial charge >= 0.3 is 0 Å². The van der Waals surface area contributed by atoms with E-state index in [4.69, 9.17) is 0 Å². The topological polar surface area (TPSA) is 0 Å². The molecule has 0 nitrogen and oxygen atoms in total. The van der Waals surface area contributed by atoms with Gasteiger partial charge in [0.1, 0.15) is 0 Å². The average molecular weight is 199 g/mol. The van der Waals surface area contributed by atoms with Crippen molar-refractivity contribution in [2.24, 2.45) is 0 Å². The van der Waals surface area contributed by atoms with Crippen LogP contribution in [0.25, 0.3) is 0 Å². The SMILES string of the molecule is C=C/C=C(/C=C/C)C(=C)Br. The Hall–Kier alpha value is -0.560. The molecule has 0 rings (SSSR count). The Labute approximate surface area is 70.8 Å². The molecule has 0 aliphatic heterocycles. The Balaban J connectivity index is 4.41. The normalized spacial score (nSPS) is 12.0. The molecule has 0 saturated carbocycles. The van der Waals surface area contributed by atoms with E-state index in [9.17, 15) is 0 Å². The highest BCUT2D eigenvalue weighted by Crippen LogP contribution is 2.15. The van der Waals surface area contributed by atoms with Crippen molar-refractivity contribution in [3.05, 3.63) is 47.5 Å². The van der Waals surface area contributed by atoms with E-state index in [1.165, 1.54) is 0 Å². The predicted octanol–water partition coefficient (Wildman–Crippen LogP) is 3.58. The van der Waals surface area contributed by atoms with Gasteiger partial charge in [-0.05, 0) is 12.5 Å². The van der Waals surface area contributed by atoms with Crippen molar-refractivity contribution in [1.82, 2.24) is 0 Å². The van der Waals surface area contributed by atoms with Crippen LogP contribution < -0.4 is 0 Å². The van der Waals surface area contributed by atoms with Crippen molar-refractivity contribution >= 4 is 15.9 Å². The molecule has 0 bridgehead atoms. The molecule has 0 aromatic rings. The minimum atomic E-state index is 0.880. The van der Waals surface area contributed by atoms with Gasteiger partial charge in [-0.2, -0.15) is 0 Å². The van der Waals surface area contributed by atoms with Gasteiger partial charge in [0.05, 0.1) is 0 Å². The molecule has 1 heteroatoms. The van der Waals surface area contributed by atoms with E-state index in [0.29, 0.717) is 0 Å². The van der Waals surface area contributed by atoms with Crippen LogP contribution in [0, 0.1) is 0 Å². The molecular formula is C9H11Br. The first kappa shape index (κ1) is 9.44. The second-order valence-electron chi connectivity index (χ2n) is 1.76. The molecule has 0 atom stereocenters. The molecule has 0 aliphatic carbocycles. The third-order valence-corrected chi connectivity index (χ3v) is 1.41. The Kier molecular flexibility index (Phi) is 4.95. The molecule has 0 radical (unpaired) electrons. The molecule has 0 N–H and O–H groups in total. The quantitative estimate of drug-likeness (QED) is 0.609. The van der Waals surface area contributed by atoms with Gasteiger partial charge in [0.15, 0.2) is 0 Å². The van der Waals surface area contributed by atoms with E-state index in [1.807, 2.05) is 25.2 Å². The van der Waals surface area contributed by atoms with Gasteiger partial charge in [0, 0.05) is 4.48 Å². The Morgan fingerprint density at radius 2 is 2.10 bits per heavy atom. The van der Waals surface area contributed by atoms with Crippen LogP contribution in [0.5, 0.6) is 0 Å². The number of halogens is 1. The molecular weight excluding hydrogens is 188 g/mol. The van der Waals surface area contributed by atoms with Crippen LogP contribution in [0.3, 0.4) is 0 Å². The van der Waals surface area contributed by atoms with Crippen molar-refractivity contribution in [1.29, 1.82) is 0 Å². The summed E-state index contributed by atoms with van der Waals surface area (Å²) in [5, 5.41) is 0. The van der Waals surface area contributed by atoms with E-state index in [2.05, 4.69) is 29.1 Å². The van der Waals surface area contributed by atoms with Crippen molar-refractivity contribution in [2.75, 3.05) is 0 Å². The fourth-order valence-electron chi connectivity index (χ4n) is 0.543. The fourth-order valence-corrected chi connectivity index (χ4v) is 0.807. The van der Waals surface area contributed by atoms with Gasteiger partial charge in [-0.25, -0.2) is 0 Å². The van der Waals surface area contributed by atoms with E-state index in [0.717, 1.165) is 10.1 Å². The minimum absolute atomic E-state index is 0.880. The minimum Gasteiger partial charge on any atom is -0.0990 e. The van der Waals surface area contributed by atoms with Crippen molar-refractivity contribution in [3.63, 3.8) is 0 Å². The van der Waals surface area contributed by atoms with Crippen molar-refractivity contribution in [3.8, 4) is 0 Å². The molecule has 10 heavy (non-hydrogen) atoms. The summed E-state index contributed by atoms with van der Waals surface area (Å²) in [4.78, 5) is 0. The fraction of sp³-hybridized carbons (Fsp3) is 0.111. The number of rotatable bonds is 3. The first-order valence-corrected chi connectivity index (χ1v) is 3.82. The zero-order valence-electron chi connectivity index (χ0n) is 6.10. The molecule has 0 heterocycles. The summed E-state index contributed by atoms with van der Waals surface area (Å²) in [7, 11) is 0. The van der Waals surface area contributed by atoms with Gasteiger partial charge in [0.2, 0.25) is 0 Å². The molecule has 54 valence electrons. The smallest absolute Gasteiger partial charge is 0.0175 e. The summed E-state index contributed by atoms with van der Waals surface area (Å²) in [6.07, 6.45) is 7.57. The lowest BCUT2D eigenvalue weighted by Gasteiger charge is -1.94. The van der Waals surface area contributed by atoms with Crippen molar-refractivity contribution in [2.45, 2.75) is 6.92 Å². The van der Waals surface area contributed by atoms with E-state index in [1.54, 1.807) is 6.08 Å². The summed E-state index contributed by atoms with van der Waals surface area (Å²) in [6.45, 7) is 9.30. The van der Waals surface area contributed by atoms with Crippen LogP contribution in [0.2, 0.25) is 0 Å². The number of allylic oxidation sites excluding steroid dienone is 6. The maximum atomic E-state index is 3.74. The summed E-state index contributed by atoms with van der Waals surface area (Å²) in [5.41, 5.74) is 1.05. The highest BCUT2D eigenvalue weighted by atomic mass is 79.9. The van der Waals surface area contributed by atoms with Crippen LogP contribution in [0.15, 0.2) is 47.5 Å². The summed E-state index contributed by atoms with van der Waals surface area (Å²) in [6, 6.07) is 0. The second kappa shape index (κ2) is 5.24. The summed E-state index contributed by atoms with van der Waals surface area (Å²) >= 11 is 3.28. The van der Waals surface area contributed by atoms with Crippen LogP contribution in [0.1, 0.15) is 6.92 Å². The number of hydrogen-bond donors (Lipinski definition) is 0. The molecule has 0 saturated heterocycles. The molecule has 0 amide bonds. The Bertz CT molecular complexity index is 185. The van der Waals surface area contributed by atoms with E-state index < -0.39 is 0 Å². The molecule has 0 unspecified atom stereocenters. The van der Waals surface area contributed by atoms with Gasteiger partial charge in [-0.3, -0.25) is 0 Å². The van der Waals surface area contributed by atoms with E-state index in [-0.39, 0.29) is 0 Å². The zero-order chi connectivity index (χ0) is 7.98. The highest BCUT2D eigenvalue weighted by Gasteiger charge is 1.89. The Morgan fingerprint density at radius 3 is 2.40 bits per heavy atom. The predicted molar refractivity (Wildman–Crippen MR) is 51.2 cm³/mol. The lowest BCUT2D eigenvalue weighted by molar-refractivity contribution is 1.63. The van der Waals surface area contributed by atoms with Gasteiger partial charge < -0.3 is 0 Å². The maximum absolute atomic E-state index is 3.74. The zero-order valence-corrected chi connectivity index (χ0v) is 7.69. The van der Waals surface area contributed by atoms with Crippen LogP contribution >= 0.6 is 15.9 Å². The molecule has 0 aromatic heterocycles. The molecule has 0 spiro atoms. The summed E-state index contributed by atoms with van der Waals surface area (Å²) < 4.78 is 0.880. The average Bonchev–Trinajstić information content (AvgIpc) is 1.87.